The van der Waals surface area contributed by atoms with Gasteiger partial charge in [0.1, 0.15) is 0 Å². The number of nitrogens with one attached hydrogen (secondary N) is 1. The lowest BCUT2D eigenvalue weighted by atomic mass is 10.1. The number of hydrogen-bond acceptors (Lipinski definition) is 5. The standard InChI is InChI=1S/C21H22N2O6/c1-28-17-11-15(20(25)23-8-3-4-9-23)16(12-18(17)29-2)22-19(24)13-6-5-7-14(10-13)21(26)27/h5-7,10-12H,3-4,8-9H2,1-2H3,(H,22,24)(H,26,27). The fourth-order valence-electron chi connectivity index (χ4n) is 3.24. The van der Waals surface area contributed by atoms with Gasteiger partial charge < -0.3 is 24.8 Å². The van der Waals surface area contributed by atoms with E-state index < -0.39 is 11.9 Å². The van der Waals surface area contributed by atoms with Crippen LogP contribution in [0.3, 0.4) is 0 Å². The van der Waals surface area contributed by atoms with Crippen molar-refractivity contribution in [1.82, 2.24) is 4.90 Å². The van der Waals surface area contributed by atoms with Crippen molar-refractivity contribution in [3.05, 3.63) is 53.1 Å². The van der Waals surface area contributed by atoms with E-state index >= 15 is 0 Å². The smallest absolute Gasteiger partial charge is 0.335 e. The van der Waals surface area contributed by atoms with Crippen LogP contribution in [0.4, 0.5) is 5.69 Å². The largest absolute Gasteiger partial charge is 0.493 e. The number of likely N-dealkylation sites (tertiary alicyclic amines) is 1. The summed E-state index contributed by atoms with van der Waals surface area (Å²) in [5.74, 6) is -1.13. The van der Waals surface area contributed by atoms with Crippen LogP contribution in [0.15, 0.2) is 36.4 Å². The number of nitrogens with zero attached hydrogens (tertiary/aromatic N) is 1. The number of carbonyl (C=O) groups is 3. The fraction of sp³-hybridized carbons (Fsp3) is 0.286. The van der Waals surface area contributed by atoms with Crippen LogP contribution in [0.5, 0.6) is 11.5 Å². The molecule has 0 bridgehead atoms. The summed E-state index contributed by atoms with van der Waals surface area (Å²) in [6.45, 7) is 1.31. The highest BCUT2D eigenvalue weighted by Gasteiger charge is 2.25. The summed E-state index contributed by atoms with van der Waals surface area (Å²) >= 11 is 0. The summed E-state index contributed by atoms with van der Waals surface area (Å²) in [5, 5.41) is 11.8. The normalized spacial score (nSPS) is 13.1. The SMILES string of the molecule is COc1cc(NC(=O)c2cccc(C(=O)O)c2)c(C(=O)N2CCCC2)cc1OC. The van der Waals surface area contributed by atoms with Gasteiger partial charge in [-0.25, -0.2) is 4.79 Å². The predicted molar refractivity (Wildman–Crippen MR) is 106 cm³/mol. The monoisotopic (exact) mass is 398 g/mol. The summed E-state index contributed by atoms with van der Waals surface area (Å²) in [4.78, 5) is 38.6. The Morgan fingerprint density at radius 2 is 1.59 bits per heavy atom. The molecule has 1 fully saturated rings. The number of hydrogen-bond donors (Lipinski definition) is 2. The van der Waals surface area contributed by atoms with Crippen LogP contribution < -0.4 is 14.8 Å². The Balaban J connectivity index is 1.98. The van der Waals surface area contributed by atoms with E-state index in [1.54, 1.807) is 11.0 Å². The molecule has 1 aliphatic heterocycles. The number of carboxylic acids is 1. The summed E-state index contributed by atoms with van der Waals surface area (Å²) in [6, 6.07) is 8.75. The molecule has 8 nitrogen and oxygen atoms in total. The van der Waals surface area contributed by atoms with Crippen molar-refractivity contribution in [2.45, 2.75) is 12.8 Å². The van der Waals surface area contributed by atoms with Crippen molar-refractivity contribution < 1.29 is 29.0 Å². The molecule has 29 heavy (non-hydrogen) atoms. The van der Waals surface area contributed by atoms with E-state index in [1.165, 1.54) is 44.6 Å². The molecular formula is C21H22N2O6. The Labute approximate surface area is 168 Å². The van der Waals surface area contributed by atoms with Gasteiger partial charge in [-0.15, -0.1) is 0 Å². The third kappa shape index (κ3) is 4.31. The summed E-state index contributed by atoms with van der Waals surface area (Å²) in [5.41, 5.74) is 0.718. The Bertz CT molecular complexity index is 950. The average Bonchev–Trinajstić information content (AvgIpc) is 3.27. The van der Waals surface area contributed by atoms with Crippen molar-refractivity contribution in [3.8, 4) is 11.5 Å². The number of rotatable bonds is 6. The quantitative estimate of drug-likeness (QED) is 0.775. The minimum atomic E-state index is -1.13. The van der Waals surface area contributed by atoms with Gasteiger partial charge >= 0.3 is 5.97 Å². The summed E-state index contributed by atoms with van der Waals surface area (Å²) < 4.78 is 10.6. The van der Waals surface area contributed by atoms with E-state index in [4.69, 9.17) is 14.6 Å². The van der Waals surface area contributed by atoms with E-state index in [2.05, 4.69) is 5.32 Å². The summed E-state index contributed by atoms with van der Waals surface area (Å²) in [7, 11) is 2.93. The second-order valence-electron chi connectivity index (χ2n) is 6.59. The van der Waals surface area contributed by atoms with Gasteiger partial charge in [0.05, 0.1) is 31.0 Å². The van der Waals surface area contributed by atoms with Crippen molar-refractivity contribution in [3.63, 3.8) is 0 Å². The maximum atomic E-state index is 13.0. The molecule has 0 atom stereocenters. The van der Waals surface area contributed by atoms with Gasteiger partial charge in [0.25, 0.3) is 11.8 Å². The van der Waals surface area contributed by atoms with E-state index in [-0.39, 0.29) is 28.3 Å². The molecule has 2 N–H and O–H groups in total. The van der Waals surface area contributed by atoms with Gasteiger partial charge in [-0.1, -0.05) is 6.07 Å². The summed E-state index contributed by atoms with van der Waals surface area (Å²) in [6.07, 6.45) is 1.87. The van der Waals surface area contributed by atoms with Crippen LogP contribution >= 0.6 is 0 Å². The Kier molecular flexibility index (Phi) is 6.01. The highest BCUT2D eigenvalue weighted by molar-refractivity contribution is 6.10. The van der Waals surface area contributed by atoms with Crippen molar-refractivity contribution in [2.24, 2.45) is 0 Å². The van der Waals surface area contributed by atoms with Crippen molar-refractivity contribution >= 4 is 23.5 Å². The number of carbonyl (C=O) groups excluding carboxylic acids is 2. The fourth-order valence-corrected chi connectivity index (χ4v) is 3.24. The molecule has 2 aromatic rings. The number of amides is 2. The van der Waals surface area contributed by atoms with Gasteiger partial charge in [0.15, 0.2) is 11.5 Å². The molecule has 2 amide bonds. The topological polar surface area (TPSA) is 105 Å². The molecule has 0 saturated carbocycles. The van der Waals surface area contributed by atoms with Crippen molar-refractivity contribution in [1.29, 1.82) is 0 Å². The number of carboxylic acid groups (broad SMARTS) is 1. The third-order valence-corrected chi connectivity index (χ3v) is 4.77. The number of anilines is 1. The predicted octanol–water partition coefficient (Wildman–Crippen LogP) is 2.89. The van der Waals surface area contributed by atoms with Gasteiger partial charge in [-0.05, 0) is 37.1 Å². The van der Waals surface area contributed by atoms with Crippen LogP contribution in [-0.2, 0) is 0 Å². The molecule has 2 aromatic carbocycles. The molecular weight excluding hydrogens is 376 g/mol. The second kappa shape index (κ2) is 8.64. The molecule has 152 valence electrons. The van der Waals surface area contributed by atoms with Crippen molar-refractivity contribution in [2.75, 3.05) is 32.6 Å². The first-order valence-electron chi connectivity index (χ1n) is 9.14. The van der Waals surface area contributed by atoms with E-state index in [0.717, 1.165) is 12.8 Å². The van der Waals surface area contributed by atoms with Crippen LogP contribution in [0.25, 0.3) is 0 Å². The zero-order chi connectivity index (χ0) is 21.0. The first-order chi connectivity index (χ1) is 13.9. The third-order valence-electron chi connectivity index (χ3n) is 4.77. The molecule has 8 heteroatoms. The molecule has 0 unspecified atom stereocenters. The van der Waals surface area contributed by atoms with Crippen LogP contribution in [-0.4, -0.2) is 55.1 Å². The first-order valence-corrected chi connectivity index (χ1v) is 9.14. The molecule has 1 saturated heterocycles. The minimum absolute atomic E-state index is 0.00155. The highest BCUT2D eigenvalue weighted by atomic mass is 16.5. The van der Waals surface area contributed by atoms with Gasteiger partial charge in [-0.3, -0.25) is 9.59 Å². The van der Waals surface area contributed by atoms with Gasteiger partial charge in [-0.2, -0.15) is 0 Å². The maximum absolute atomic E-state index is 13.0. The zero-order valence-electron chi connectivity index (χ0n) is 16.2. The minimum Gasteiger partial charge on any atom is -0.493 e. The Hall–Kier alpha value is -3.55. The molecule has 0 aromatic heterocycles. The molecule has 1 heterocycles. The van der Waals surface area contributed by atoms with E-state index in [9.17, 15) is 14.4 Å². The molecule has 0 radical (unpaired) electrons. The molecule has 3 rings (SSSR count). The number of aromatic carboxylic acids is 1. The van der Waals surface area contributed by atoms with Gasteiger partial charge in [0, 0.05) is 24.7 Å². The second-order valence-corrected chi connectivity index (χ2v) is 6.59. The highest BCUT2D eigenvalue weighted by Crippen LogP contribution is 2.34. The maximum Gasteiger partial charge on any atom is 0.335 e. The lowest BCUT2D eigenvalue weighted by Crippen LogP contribution is -2.29. The van der Waals surface area contributed by atoms with Crippen LogP contribution in [0, 0.1) is 0 Å². The van der Waals surface area contributed by atoms with Crippen LogP contribution in [0.1, 0.15) is 43.9 Å². The number of benzene rings is 2. The van der Waals surface area contributed by atoms with Crippen LogP contribution in [0.2, 0.25) is 0 Å². The first kappa shape index (κ1) is 20.2. The van der Waals surface area contributed by atoms with Gasteiger partial charge in [0.2, 0.25) is 0 Å². The lowest BCUT2D eigenvalue weighted by Gasteiger charge is -2.20. The van der Waals surface area contributed by atoms with E-state index in [1.807, 2.05) is 0 Å². The number of methoxy groups -OCH3 is 2. The zero-order valence-corrected chi connectivity index (χ0v) is 16.2. The molecule has 1 aliphatic rings. The molecule has 0 spiro atoms. The molecule has 0 aliphatic carbocycles. The Morgan fingerprint density at radius 1 is 0.966 bits per heavy atom. The lowest BCUT2D eigenvalue weighted by molar-refractivity contribution is 0.0696. The average molecular weight is 398 g/mol. The van der Waals surface area contributed by atoms with E-state index in [0.29, 0.717) is 24.6 Å². The Morgan fingerprint density at radius 3 is 2.21 bits per heavy atom. The number of ether oxygens (including phenoxy) is 2.